The normalized spacial score (nSPS) is 12.0. The fourth-order valence-electron chi connectivity index (χ4n) is 2.09. The zero-order chi connectivity index (χ0) is 15.8. The molecule has 4 nitrogen and oxygen atoms in total. The van der Waals surface area contributed by atoms with Crippen LogP contribution in [-0.2, 0) is 20.7 Å². The van der Waals surface area contributed by atoms with Crippen LogP contribution in [-0.4, -0.2) is 25.0 Å². The molecule has 0 aliphatic carbocycles. The fraction of sp³-hybridized carbons (Fsp3) is 0.529. The molecule has 0 fully saturated rings. The summed E-state index contributed by atoms with van der Waals surface area (Å²) in [5.41, 5.74) is 2.22. The summed E-state index contributed by atoms with van der Waals surface area (Å²) >= 11 is 0. The van der Waals surface area contributed by atoms with Crippen molar-refractivity contribution < 1.29 is 14.3 Å². The Balaban J connectivity index is 2.55. The molecule has 0 aliphatic heterocycles. The van der Waals surface area contributed by atoms with Gasteiger partial charge in [-0.3, -0.25) is 9.59 Å². The largest absolute Gasteiger partial charge is 0.465 e. The minimum Gasteiger partial charge on any atom is -0.465 e. The Morgan fingerprint density at radius 1 is 1.14 bits per heavy atom. The van der Waals surface area contributed by atoms with Gasteiger partial charge in [0.15, 0.2) is 0 Å². The second-order valence-corrected chi connectivity index (χ2v) is 5.58. The molecule has 1 N–H and O–H groups in total. The van der Waals surface area contributed by atoms with Crippen molar-refractivity contribution in [3.63, 3.8) is 0 Å². The molecule has 0 bridgehead atoms. The number of nitrogens with one attached hydrogen (secondary N) is 1. The molecule has 116 valence electrons. The highest BCUT2D eigenvalue weighted by Gasteiger charge is 2.16. The molecule has 4 heteroatoms. The van der Waals surface area contributed by atoms with Gasteiger partial charge in [0.2, 0.25) is 5.91 Å². The Kier molecular flexibility index (Phi) is 6.92. The number of benzene rings is 1. The SMILES string of the molecule is CCOC(=O)CNC(=O)[C@@H](C)c1ccc(CC(C)C)cc1. The predicted molar refractivity (Wildman–Crippen MR) is 83.0 cm³/mol. The number of hydrogen-bond acceptors (Lipinski definition) is 3. The van der Waals surface area contributed by atoms with Crippen molar-refractivity contribution in [1.82, 2.24) is 5.32 Å². The third kappa shape index (κ3) is 5.98. The molecule has 0 saturated carbocycles. The lowest BCUT2D eigenvalue weighted by atomic mass is 9.96. The van der Waals surface area contributed by atoms with E-state index in [0.717, 1.165) is 12.0 Å². The topological polar surface area (TPSA) is 55.4 Å². The molecule has 0 radical (unpaired) electrons. The minimum atomic E-state index is -0.412. The molecule has 1 amide bonds. The monoisotopic (exact) mass is 291 g/mol. The highest BCUT2D eigenvalue weighted by molar-refractivity contribution is 5.86. The molecular formula is C17H25NO3. The second kappa shape index (κ2) is 8.45. The number of ether oxygens (including phenoxy) is 1. The zero-order valence-electron chi connectivity index (χ0n) is 13.3. The van der Waals surface area contributed by atoms with Crippen LogP contribution in [0.4, 0.5) is 0 Å². The van der Waals surface area contributed by atoms with Gasteiger partial charge in [-0.05, 0) is 37.3 Å². The molecule has 0 unspecified atom stereocenters. The van der Waals surface area contributed by atoms with Gasteiger partial charge in [0.25, 0.3) is 0 Å². The molecule has 0 saturated heterocycles. The van der Waals surface area contributed by atoms with Gasteiger partial charge in [0.1, 0.15) is 6.54 Å². The van der Waals surface area contributed by atoms with E-state index in [-0.39, 0.29) is 18.4 Å². The van der Waals surface area contributed by atoms with Crippen molar-refractivity contribution in [3.05, 3.63) is 35.4 Å². The van der Waals surface area contributed by atoms with E-state index in [2.05, 4.69) is 31.3 Å². The van der Waals surface area contributed by atoms with Gasteiger partial charge in [0.05, 0.1) is 12.5 Å². The molecule has 1 atom stereocenters. The van der Waals surface area contributed by atoms with Crippen LogP contribution in [0.5, 0.6) is 0 Å². The van der Waals surface area contributed by atoms with Crippen LogP contribution < -0.4 is 5.32 Å². The molecule has 0 spiro atoms. The molecule has 1 rings (SSSR count). The third-order valence-corrected chi connectivity index (χ3v) is 3.23. The summed E-state index contributed by atoms with van der Waals surface area (Å²) < 4.78 is 4.78. The average Bonchev–Trinajstić information content (AvgIpc) is 2.44. The van der Waals surface area contributed by atoms with E-state index in [4.69, 9.17) is 4.74 Å². The highest BCUT2D eigenvalue weighted by atomic mass is 16.5. The summed E-state index contributed by atoms with van der Waals surface area (Å²) in [6, 6.07) is 8.08. The number of carbonyl (C=O) groups is 2. The van der Waals surface area contributed by atoms with E-state index in [9.17, 15) is 9.59 Å². The van der Waals surface area contributed by atoms with Crippen molar-refractivity contribution in [2.24, 2.45) is 5.92 Å². The first-order chi connectivity index (χ1) is 9.93. The van der Waals surface area contributed by atoms with E-state index in [0.29, 0.717) is 12.5 Å². The van der Waals surface area contributed by atoms with E-state index in [1.165, 1.54) is 5.56 Å². The summed E-state index contributed by atoms with van der Waals surface area (Å²) in [7, 11) is 0. The van der Waals surface area contributed by atoms with Gasteiger partial charge >= 0.3 is 5.97 Å². The maximum atomic E-state index is 12.0. The van der Waals surface area contributed by atoms with Crippen molar-refractivity contribution >= 4 is 11.9 Å². The summed E-state index contributed by atoms with van der Waals surface area (Å²) in [6.07, 6.45) is 1.03. The van der Waals surface area contributed by atoms with Crippen LogP contribution in [0.2, 0.25) is 0 Å². The molecule has 1 aromatic carbocycles. The Bertz CT molecular complexity index is 465. The van der Waals surface area contributed by atoms with Crippen LogP contribution in [0.3, 0.4) is 0 Å². The number of hydrogen-bond donors (Lipinski definition) is 1. The maximum absolute atomic E-state index is 12.0. The Morgan fingerprint density at radius 2 is 1.76 bits per heavy atom. The first-order valence-electron chi connectivity index (χ1n) is 7.46. The fourth-order valence-corrected chi connectivity index (χ4v) is 2.09. The van der Waals surface area contributed by atoms with Crippen molar-refractivity contribution in [2.45, 2.75) is 40.0 Å². The lowest BCUT2D eigenvalue weighted by molar-refractivity contribution is -0.143. The third-order valence-electron chi connectivity index (χ3n) is 3.23. The number of carbonyl (C=O) groups excluding carboxylic acids is 2. The smallest absolute Gasteiger partial charge is 0.325 e. The first kappa shape index (κ1) is 17.2. The molecular weight excluding hydrogens is 266 g/mol. The quantitative estimate of drug-likeness (QED) is 0.786. The van der Waals surface area contributed by atoms with E-state index < -0.39 is 5.97 Å². The van der Waals surface area contributed by atoms with Crippen molar-refractivity contribution in [3.8, 4) is 0 Å². The van der Waals surface area contributed by atoms with Crippen LogP contribution in [0.25, 0.3) is 0 Å². The average molecular weight is 291 g/mol. The standard InChI is InChI=1S/C17H25NO3/c1-5-21-16(19)11-18-17(20)13(4)15-8-6-14(7-9-15)10-12(2)3/h6-9,12-13H,5,10-11H2,1-4H3,(H,18,20)/t13-/m0/s1. The van der Waals surface area contributed by atoms with Crippen molar-refractivity contribution in [2.75, 3.05) is 13.2 Å². The van der Waals surface area contributed by atoms with Crippen LogP contribution in [0.15, 0.2) is 24.3 Å². The summed E-state index contributed by atoms with van der Waals surface area (Å²) in [6.45, 7) is 8.17. The van der Waals surface area contributed by atoms with Gasteiger partial charge < -0.3 is 10.1 Å². The van der Waals surface area contributed by atoms with Crippen molar-refractivity contribution in [1.29, 1.82) is 0 Å². The van der Waals surface area contributed by atoms with Gasteiger partial charge in [-0.1, -0.05) is 38.1 Å². The lowest BCUT2D eigenvalue weighted by Gasteiger charge is -2.13. The van der Waals surface area contributed by atoms with E-state index >= 15 is 0 Å². The molecule has 0 aromatic heterocycles. The summed E-state index contributed by atoms with van der Waals surface area (Å²) in [4.78, 5) is 23.2. The predicted octanol–water partition coefficient (Wildman–Crippen LogP) is 2.67. The second-order valence-electron chi connectivity index (χ2n) is 5.58. The molecule has 0 aliphatic rings. The Hall–Kier alpha value is -1.84. The number of rotatable bonds is 7. The molecule has 21 heavy (non-hydrogen) atoms. The van der Waals surface area contributed by atoms with Gasteiger partial charge in [-0.2, -0.15) is 0 Å². The van der Waals surface area contributed by atoms with Gasteiger partial charge in [-0.15, -0.1) is 0 Å². The minimum absolute atomic E-state index is 0.0809. The number of esters is 1. The highest BCUT2D eigenvalue weighted by Crippen LogP contribution is 2.17. The lowest BCUT2D eigenvalue weighted by Crippen LogP contribution is -2.33. The molecule has 1 aromatic rings. The number of amides is 1. The van der Waals surface area contributed by atoms with Crippen LogP contribution >= 0.6 is 0 Å². The Morgan fingerprint density at radius 3 is 2.29 bits per heavy atom. The van der Waals surface area contributed by atoms with E-state index in [1.54, 1.807) is 6.92 Å². The van der Waals surface area contributed by atoms with Crippen LogP contribution in [0, 0.1) is 5.92 Å². The maximum Gasteiger partial charge on any atom is 0.325 e. The summed E-state index contributed by atoms with van der Waals surface area (Å²) in [5.74, 6) is -0.251. The first-order valence-corrected chi connectivity index (χ1v) is 7.46. The zero-order valence-corrected chi connectivity index (χ0v) is 13.3. The van der Waals surface area contributed by atoms with Gasteiger partial charge in [-0.25, -0.2) is 0 Å². The van der Waals surface area contributed by atoms with Gasteiger partial charge in [0, 0.05) is 0 Å². The van der Waals surface area contributed by atoms with Crippen LogP contribution in [0.1, 0.15) is 44.7 Å². The van der Waals surface area contributed by atoms with E-state index in [1.807, 2.05) is 19.1 Å². The Labute approximate surface area is 126 Å². The molecule has 0 heterocycles. The summed E-state index contributed by atoms with van der Waals surface area (Å²) in [5, 5.41) is 2.60.